The Morgan fingerprint density at radius 2 is 1.78 bits per heavy atom. The largest absolute Gasteiger partial charge is 0.543 e. The summed E-state index contributed by atoms with van der Waals surface area (Å²) in [6, 6.07) is 0.383. The first-order valence-electron chi connectivity index (χ1n) is 13.0. The fourth-order valence-corrected chi connectivity index (χ4v) is 7.02. The van der Waals surface area contributed by atoms with Crippen LogP contribution in [0.4, 0.5) is 0 Å². The number of rotatable bonds is 13. The van der Waals surface area contributed by atoms with Crippen LogP contribution in [0, 0.1) is 87.9 Å². The molecule has 0 radical (unpaired) electrons. The van der Waals surface area contributed by atoms with E-state index in [2.05, 4.69) is 37.2 Å². The molecule has 0 N–H and O–H groups in total. The minimum absolute atomic E-state index is 0. The molecule has 208 valence electrons. The van der Waals surface area contributed by atoms with Crippen molar-refractivity contribution >= 4 is 8.53 Å². The van der Waals surface area contributed by atoms with Gasteiger partial charge in [0.2, 0.25) is 6.54 Å². The van der Waals surface area contributed by atoms with Crippen LogP contribution in [0.25, 0.3) is 4.85 Å². The van der Waals surface area contributed by atoms with Gasteiger partial charge in [0.1, 0.15) is 18.3 Å². The molecule has 4 fully saturated rings. The van der Waals surface area contributed by atoms with E-state index >= 15 is 0 Å². The van der Waals surface area contributed by atoms with Crippen molar-refractivity contribution in [3.8, 4) is 0 Å². The summed E-state index contributed by atoms with van der Waals surface area (Å²) in [6.07, 6.45) is -1.26. The van der Waals surface area contributed by atoms with Crippen LogP contribution in [0.2, 0.25) is 0 Å². The van der Waals surface area contributed by atoms with E-state index in [1.54, 1.807) is 18.3 Å². The Kier molecular flexibility index (Phi) is 13.2. The molecule has 13 heteroatoms. The number of ether oxygens (including phenoxy) is 4. The molecule has 0 aromatic carbocycles. The summed E-state index contributed by atoms with van der Waals surface area (Å²) in [4.78, 5) is 9.77. The van der Waals surface area contributed by atoms with Gasteiger partial charge in [0.15, 0.2) is 0 Å². The van der Waals surface area contributed by atoms with Crippen LogP contribution in [0.15, 0.2) is 0 Å². The van der Waals surface area contributed by atoms with Crippen LogP contribution < -0.4 is 0 Å². The second-order valence-corrected chi connectivity index (χ2v) is 11.7. The van der Waals surface area contributed by atoms with Gasteiger partial charge in [-0.05, 0) is 53.7 Å². The molecule has 4 heterocycles. The molecule has 4 bridgehead atoms. The monoisotopic (exact) mass is 990 g/mol. The molecule has 4 aliphatic rings. The van der Waals surface area contributed by atoms with Crippen molar-refractivity contribution in [2.45, 2.75) is 89.2 Å². The Morgan fingerprint density at radius 1 is 1.11 bits per heavy atom. The van der Waals surface area contributed by atoms with E-state index < -0.39 is 25.8 Å². The van der Waals surface area contributed by atoms with Crippen LogP contribution in [0.3, 0.4) is 0 Å². The van der Waals surface area contributed by atoms with Gasteiger partial charge in [-0.15, -0.1) is 0 Å². The minimum Gasteiger partial charge on any atom is -0.543 e. The molecule has 4 rings (SSSR count). The zero-order valence-corrected chi connectivity index (χ0v) is 31.8. The molecule has 4 aliphatic heterocycles. The fraction of sp³-hybridized carbons (Fsp3) is 0.875. The van der Waals surface area contributed by atoms with Gasteiger partial charge in [-0.1, -0.05) is 0 Å². The van der Waals surface area contributed by atoms with Gasteiger partial charge in [-0.2, -0.15) is 18.3 Å². The Hall–Kier alpha value is 1.66. The Balaban J connectivity index is 0.00000253. The Morgan fingerprint density at radius 3 is 2.32 bits per heavy atom. The van der Waals surface area contributed by atoms with E-state index in [4.69, 9.17) is 40.8 Å². The molecule has 0 saturated carbocycles. The van der Waals surface area contributed by atoms with Crippen LogP contribution >= 0.6 is 8.53 Å². The van der Waals surface area contributed by atoms with Crippen molar-refractivity contribution in [2.24, 2.45) is 5.92 Å². The first-order chi connectivity index (χ1) is 17.2. The SMILES string of the molecule is [2H]C[C@@]12CO[C@@H]([CH-]O1)[C@@H]2CN(C)OC(C)[C@@]12CO[C@@H]([CH-]O1)[C@@H]2OP(OCC[N+]#[C-])N(C(C)C)C(C)C.[U].[U]. The standard InChI is InChI=1S/C24H40N3O7P.2U/c1-16(2)27(17(3)4)35(32-10-9-25-7)34-22-21-13-31-24(22,15-29-21)18(5)33-26(8)11-19-20-12-30-23(19,6)14-28-20;;/h12-13,16-22H,9-11,14-15H2,1-6,8H3;;/q-2;;/t18?,19-,20-,21-,22-,23-,24+,35?;;/m0../s1/i6D;;. The van der Waals surface area contributed by atoms with Crippen molar-refractivity contribution in [3.05, 3.63) is 24.6 Å². The summed E-state index contributed by atoms with van der Waals surface area (Å²) < 4.78 is 46.8. The number of nitrogens with zero attached hydrogens (tertiary/aromatic N) is 3. The molecule has 8 atom stereocenters. The Bertz CT molecular complexity index is 775. The van der Waals surface area contributed by atoms with Gasteiger partial charge < -0.3 is 32.8 Å². The minimum atomic E-state index is -1.46. The van der Waals surface area contributed by atoms with Gasteiger partial charge in [0.25, 0.3) is 8.53 Å². The van der Waals surface area contributed by atoms with Crippen molar-refractivity contribution in [1.29, 1.82) is 0 Å². The molecular formula is C24H40N3O7PU2-2. The molecule has 0 aromatic rings. The number of fused-ring (bicyclic) bond motifs is 4. The third-order valence-electron chi connectivity index (χ3n) is 7.07. The third kappa shape index (κ3) is 7.36. The van der Waals surface area contributed by atoms with E-state index in [1.165, 1.54) is 0 Å². The summed E-state index contributed by atoms with van der Waals surface area (Å²) in [5.74, 6) is 0.0229. The van der Waals surface area contributed by atoms with Crippen molar-refractivity contribution in [3.63, 3.8) is 0 Å². The maximum absolute atomic E-state index is 7.97. The maximum atomic E-state index is 7.97. The topological polar surface area (TPSA) is 75.5 Å². The van der Waals surface area contributed by atoms with Crippen molar-refractivity contribution in [2.75, 3.05) is 40.0 Å². The van der Waals surface area contributed by atoms with Crippen molar-refractivity contribution < 1.29 is 96.4 Å². The summed E-state index contributed by atoms with van der Waals surface area (Å²) in [6.45, 7) is 23.0. The van der Waals surface area contributed by atoms with Gasteiger partial charge >= 0.3 is 0 Å². The molecular weight excluding hydrogens is 949 g/mol. The predicted molar refractivity (Wildman–Crippen MR) is 129 cm³/mol. The van der Waals surface area contributed by atoms with E-state index in [0.717, 1.165) is 0 Å². The third-order valence-corrected chi connectivity index (χ3v) is 9.18. The number of hydrogen-bond donors (Lipinski definition) is 0. The van der Waals surface area contributed by atoms with Crippen LogP contribution in [-0.4, -0.2) is 97.4 Å². The van der Waals surface area contributed by atoms with E-state index in [0.29, 0.717) is 26.4 Å². The van der Waals surface area contributed by atoms with Crippen LogP contribution in [-0.2, 0) is 32.8 Å². The number of hydroxylamine groups is 2. The second kappa shape index (κ2) is 14.7. The second-order valence-electron chi connectivity index (χ2n) is 10.3. The van der Waals surface area contributed by atoms with Crippen molar-refractivity contribution in [1.82, 2.24) is 9.73 Å². The fourth-order valence-electron chi connectivity index (χ4n) is 5.23. The van der Waals surface area contributed by atoms with Gasteiger partial charge in [-0.3, -0.25) is 4.84 Å². The molecule has 4 saturated heterocycles. The summed E-state index contributed by atoms with van der Waals surface area (Å²) in [5.41, 5.74) is -1.44. The molecule has 2 unspecified atom stereocenters. The van der Waals surface area contributed by atoms with Gasteiger partial charge in [0, 0.05) is 95.2 Å². The summed E-state index contributed by atoms with van der Waals surface area (Å²) in [5, 5.41) is 1.79. The van der Waals surface area contributed by atoms with E-state index in [-0.39, 0.29) is 112 Å². The first-order valence-corrected chi connectivity index (χ1v) is 13.4. The normalized spacial score (nSPS) is 36.1. The summed E-state index contributed by atoms with van der Waals surface area (Å²) >= 11 is 0. The maximum Gasteiger partial charge on any atom is 0.259 e. The molecule has 10 nitrogen and oxygen atoms in total. The average molecular weight is 991 g/mol. The first kappa shape index (κ1) is 33.2. The Labute approximate surface area is 272 Å². The molecule has 37 heavy (non-hydrogen) atoms. The smallest absolute Gasteiger partial charge is 0.259 e. The van der Waals surface area contributed by atoms with E-state index in [9.17, 15) is 0 Å². The predicted octanol–water partition coefficient (Wildman–Crippen LogP) is 3.20. The zero-order valence-electron chi connectivity index (χ0n) is 23.6. The molecule has 0 spiro atoms. The molecule has 0 amide bonds. The van der Waals surface area contributed by atoms with Crippen LogP contribution in [0.1, 0.15) is 42.9 Å². The molecule has 0 aliphatic carbocycles. The van der Waals surface area contributed by atoms with Crippen LogP contribution in [0.5, 0.6) is 0 Å². The van der Waals surface area contributed by atoms with Gasteiger partial charge in [-0.25, -0.2) is 11.2 Å². The van der Waals surface area contributed by atoms with E-state index in [1.807, 2.05) is 14.0 Å². The molecule has 0 aromatic heterocycles. The number of hydrogen-bond acceptors (Lipinski definition) is 9. The zero-order chi connectivity index (χ0) is 26.1. The summed E-state index contributed by atoms with van der Waals surface area (Å²) in [7, 11) is 0.422. The van der Waals surface area contributed by atoms with Gasteiger partial charge in [0.05, 0.1) is 24.9 Å². The quantitative estimate of drug-likeness (QED) is 0.120. The average Bonchev–Trinajstić information content (AvgIpc) is 3.57.